The fraction of sp³-hybridized carbons (Fsp3) is 0.143. The standard InChI is InChI=1S/C35H29F/c1-3-5-7-9-31-21-25-34-33(26-31)24-23-32(35(34)36)22-20-30-18-16-29(17-19-30)15-14-28-12-10-27(11-13-28)8-6-4-2/h3-5,10-13,16-19,21,23-26H,2,6-9H2,1H3/b5-3+. The largest absolute Gasteiger partial charge is 0.205 e. The van der Waals surface area contributed by atoms with E-state index in [-0.39, 0.29) is 5.82 Å². The Balaban J connectivity index is 1.45. The Morgan fingerprint density at radius 1 is 0.694 bits per heavy atom. The van der Waals surface area contributed by atoms with E-state index in [0.717, 1.165) is 47.8 Å². The highest BCUT2D eigenvalue weighted by Gasteiger charge is 2.06. The first kappa shape index (κ1) is 24.8. The zero-order chi connectivity index (χ0) is 25.2. The lowest BCUT2D eigenvalue weighted by Crippen LogP contribution is -1.89. The number of hydrogen-bond acceptors (Lipinski definition) is 0. The van der Waals surface area contributed by atoms with E-state index >= 15 is 4.39 Å². The van der Waals surface area contributed by atoms with Crippen molar-refractivity contribution in [3.05, 3.63) is 143 Å². The third-order valence-electron chi connectivity index (χ3n) is 6.02. The molecule has 0 fully saturated rings. The van der Waals surface area contributed by atoms with E-state index in [0.29, 0.717) is 10.9 Å². The highest BCUT2D eigenvalue weighted by molar-refractivity contribution is 5.85. The van der Waals surface area contributed by atoms with Crippen LogP contribution in [0.15, 0.2) is 104 Å². The predicted octanol–water partition coefficient (Wildman–Crippen LogP) is 8.41. The van der Waals surface area contributed by atoms with Crippen molar-refractivity contribution in [3.8, 4) is 23.7 Å². The molecule has 4 aromatic rings. The van der Waals surface area contributed by atoms with Gasteiger partial charge in [-0.25, -0.2) is 4.39 Å². The van der Waals surface area contributed by atoms with Gasteiger partial charge in [0, 0.05) is 22.1 Å². The molecule has 0 aliphatic carbocycles. The van der Waals surface area contributed by atoms with E-state index in [4.69, 9.17) is 0 Å². The van der Waals surface area contributed by atoms with Gasteiger partial charge in [-0.1, -0.05) is 78.3 Å². The quantitative estimate of drug-likeness (QED) is 0.197. The number of hydrogen-bond donors (Lipinski definition) is 0. The molecular formula is C35H29F. The van der Waals surface area contributed by atoms with E-state index in [1.807, 2.05) is 67.6 Å². The minimum Gasteiger partial charge on any atom is -0.205 e. The molecule has 0 bridgehead atoms. The molecule has 0 saturated carbocycles. The molecule has 0 aliphatic rings. The number of aryl methyl sites for hydroxylation is 2. The van der Waals surface area contributed by atoms with E-state index in [9.17, 15) is 0 Å². The first-order valence-electron chi connectivity index (χ1n) is 12.3. The highest BCUT2D eigenvalue weighted by atomic mass is 19.1. The van der Waals surface area contributed by atoms with Crippen LogP contribution in [-0.2, 0) is 12.8 Å². The van der Waals surface area contributed by atoms with Gasteiger partial charge < -0.3 is 0 Å². The van der Waals surface area contributed by atoms with Crippen LogP contribution in [0, 0.1) is 29.5 Å². The fourth-order valence-corrected chi connectivity index (χ4v) is 3.95. The molecule has 1 heteroatoms. The van der Waals surface area contributed by atoms with Gasteiger partial charge >= 0.3 is 0 Å². The molecule has 0 amide bonds. The van der Waals surface area contributed by atoms with Gasteiger partial charge in [-0.3, -0.25) is 0 Å². The van der Waals surface area contributed by atoms with Gasteiger partial charge in [0.25, 0.3) is 0 Å². The third-order valence-corrected chi connectivity index (χ3v) is 6.02. The minimum absolute atomic E-state index is 0.266. The molecule has 176 valence electrons. The lowest BCUT2D eigenvalue weighted by Gasteiger charge is -2.05. The van der Waals surface area contributed by atoms with Crippen molar-refractivity contribution < 1.29 is 4.39 Å². The molecule has 0 heterocycles. The summed E-state index contributed by atoms with van der Waals surface area (Å²) in [6, 6.07) is 25.7. The highest BCUT2D eigenvalue weighted by Crippen LogP contribution is 2.23. The fourth-order valence-electron chi connectivity index (χ4n) is 3.95. The molecule has 0 unspecified atom stereocenters. The topological polar surface area (TPSA) is 0 Å². The average Bonchev–Trinajstić information content (AvgIpc) is 2.92. The third kappa shape index (κ3) is 6.63. The molecule has 0 saturated heterocycles. The van der Waals surface area contributed by atoms with Crippen LogP contribution in [0.5, 0.6) is 0 Å². The first-order valence-corrected chi connectivity index (χ1v) is 12.3. The Bertz CT molecular complexity index is 1500. The van der Waals surface area contributed by atoms with Crippen LogP contribution in [0.2, 0.25) is 0 Å². The summed E-state index contributed by atoms with van der Waals surface area (Å²) < 4.78 is 15.1. The van der Waals surface area contributed by atoms with E-state index < -0.39 is 0 Å². The van der Waals surface area contributed by atoms with Crippen molar-refractivity contribution in [2.45, 2.75) is 32.6 Å². The van der Waals surface area contributed by atoms with Gasteiger partial charge in [0.1, 0.15) is 5.82 Å². The van der Waals surface area contributed by atoms with Crippen molar-refractivity contribution in [3.63, 3.8) is 0 Å². The van der Waals surface area contributed by atoms with Crippen LogP contribution in [-0.4, -0.2) is 0 Å². The summed E-state index contributed by atoms with van der Waals surface area (Å²) in [4.78, 5) is 0. The number of fused-ring (bicyclic) bond motifs is 1. The molecule has 0 N–H and O–H groups in total. The van der Waals surface area contributed by atoms with Crippen LogP contribution in [0.1, 0.15) is 53.1 Å². The zero-order valence-electron chi connectivity index (χ0n) is 20.7. The molecule has 4 aromatic carbocycles. The molecular weight excluding hydrogens is 439 g/mol. The molecule has 0 spiro atoms. The van der Waals surface area contributed by atoms with E-state index in [1.165, 1.54) is 11.1 Å². The monoisotopic (exact) mass is 468 g/mol. The first-order chi connectivity index (χ1) is 17.7. The number of allylic oxidation sites excluding steroid dienone is 3. The summed E-state index contributed by atoms with van der Waals surface area (Å²) in [5.74, 6) is 12.2. The summed E-state index contributed by atoms with van der Waals surface area (Å²) in [6.45, 7) is 5.79. The SMILES string of the molecule is C=CCCc1ccc(C#Cc2ccc(C#Cc3ccc4cc(CC/C=C/C)ccc4c3F)cc2)cc1. The summed E-state index contributed by atoms with van der Waals surface area (Å²) in [6.07, 6.45) is 10.1. The second kappa shape index (κ2) is 12.4. The van der Waals surface area contributed by atoms with Crippen molar-refractivity contribution in [2.75, 3.05) is 0 Å². The second-order valence-corrected chi connectivity index (χ2v) is 8.69. The second-order valence-electron chi connectivity index (χ2n) is 8.69. The van der Waals surface area contributed by atoms with Crippen molar-refractivity contribution in [1.82, 2.24) is 0 Å². The molecule has 0 aromatic heterocycles. The maximum Gasteiger partial charge on any atom is 0.146 e. The van der Waals surface area contributed by atoms with Crippen LogP contribution in [0.25, 0.3) is 10.8 Å². The predicted molar refractivity (Wildman–Crippen MR) is 150 cm³/mol. The van der Waals surface area contributed by atoms with Gasteiger partial charge in [-0.05, 0) is 91.6 Å². The van der Waals surface area contributed by atoms with Crippen molar-refractivity contribution in [1.29, 1.82) is 0 Å². The maximum absolute atomic E-state index is 15.1. The number of rotatable bonds is 6. The lowest BCUT2D eigenvalue weighted by molar-refractivity contribution is 0.636. The molecule has 4 rings (SSSR count). The van der Waals surface area contributed by atoms with Gasteiger partial charge in [-0.15, -0.1) is 6.58 Å². The van der Waals surface area contributed by atoms with Gasteiger partial charge in [0.2, 0.25) is 0 Å². The average molecular weight is 469 g/mol. The van der Waals surface area contributed by atoms with Crippen LogP contribution >= 0.6 is 0 Å². The number of halogens is 1. The van der Waals surface area contributed by atoms with Crippen molar-refractivity contribution >= 4 is 10.8 Å². The molecule has 0 atom stereocenters. The summed E-state index contributed by atoms with van der Waals surface area (Å²) in [5.41, 5.74) is 5.63. The summed E-state index contributed by atoms with van der Waals surface area (Å²) >= 11 is 0. The van der Waals surface area contributed by atoms with Gasteiger partial charge in [0.05, 0.1) is 5.56 Å². The molecule has 0 nitrogen and oxygen atoms in total. The summed E-state index contributed by atoms with van der Waals surface area (Å²) in [7, 11) is 0. The maximum atomic E-state index is 15.1. The Kier molecular flexibility index (Phi) is 8.53. The molecule has 0 radical (unpaired) electrons. The normalized spacial score (nSPS) is 10.5. The smallest absolute Gasteiger partial charge is 0.146 e. The van der Waals surface area contributed by atoms with Gasteiger partial charge in [-0.2, -0.15) is 0 Å². The van der Waals surface area contributed by atoms with Crippen LogP contribution in [0.3, 0.4) is 0 Å². The van der Waals surface area contributed by atoms with Crippen LogP contribution < -0.4 is 0 Å². The van der Waals surface area contributed by atoms with E-state index in [2.05, 4.69) is 60.6 Å². The minimum atomic E-state index is -0.266. The Hall–Kier alpha value is -4.33. The Labute approximate surface area is 214 Å². The molecule has 0 aliphatic heterocycles. The number of benzene rings is 4. The Morgan fingerprint density at radius 3 is 1.92 bits per heavy atom. The van der Waals surface area contributed by atoms with Crippen LogP contribution in [0.4, 0.5) is 4.39 Å². The molecule has 36 heavy (non-hydrogen) atoms. The zero-order valence-corrected chi connectivity index (χ0v) is 20.7. The summed E-state index contributed by atoms with van der Waals surface area (Å²) in [5, 5.41) is 1.52. The lowest BCUT2D eigenvalue weighted by atomic mass is 10.0. The van der Waals surface area contributed by atoms with Gasteiger partial charge in [0.15, 0.2) is 0 Å². The Morgan fingerprint density at radius 2 is 1.28 bits per heavy atom. The van der Waals surface area contributed by atoms with Crippen molar-refractivity contribution in [2.24, 2.45) is 0 Å². The van der Waals surface area contributed by atoms with E-state index in [1.54, 1.807) is 6.07 Å².